The SMILES string of the molecule is O=C(CC1(O)CCCCC1)N1CCN(CC(F)F)CC1. The van der Waals surface area contributed by atoms with E-state index in [1.165, 1.54) is 0 Å². The summed E-state index contributed by atoms with van der Waals surface area (Å²) in [6, 6.07) is 0. The second kappa shape index (κ2) is 6.80. The molecule has 2 aliphatic rings. The molecule has 0 spiro atoms. The van der Waals surface area contributed by atoms with Crippen LogP contribution in [0, 0.1) is 0 Å². The number of nitrogens with zero attached hydrogens (tertiary/aromatic N) is 2. The van der Waals surface area contributed by atoms with Crippen LogP contribution in [-0.2, 0) is 4.79 Å². The molecule has 1 N–H and O–H groups in total. The number of carbonyl (C=O) groups is 1. The Bertz CT molecular complexity index is 325. The lowest BCUT2D eigenvalue weighted by atomic mass is 9.82. The molecule has 2 fully saturated rings. The molecule has 116 valence electrons. The van der Waals surface area contributed by atoms with Gasteiger partial charge in [0.1, 0.15) is 0 Å². The molecule has 1 aliphatic carbocycles. The summed E-state index contributed by atoms with van der Waals surface area (Å²) in [5, 5.41) is 10.4. The second-order valence-corrected chi connectivity index (χ2v) is 6.03. The van der Waals surface area contributed by atoms with Crippen LogP contribution in [0.4, 0.5) is 8.78 Å². The summed E-state index contributed by atoms with van der Waals surface area (Å²) in [6.07, 6.45) is 2.34. The van der Waals surface area contributed by atoms with Gasteiger partial charge in [-0.2, -0.15) is 0 Å². The number of hydrogen-bond acceptors (Lipinski definition) is 3. The largest absolute Gasteiger partial charge is 0.389 e. The minimum Gasteiger partial charge on any atom is -0.389 e. The van der Waals surface area contributed by atoms with E-state index in [0.29, 0.717) is 39.0 Å². The standard InChI is InChI=1S/C14H24F2N2O2/c15-12(16)11-17-6-8-18(9-7-17)13(19)10-14(20)4-2-1-3-5-14/h12,20H,1-11H2. The first-order valence-corrected chi connectivity index (χ1v) is 7.49. The molecule has 0 bridgehead atoms. The normalized spacial score (nSPS) is 24.1. The Morgan fingerprint density at radius 3 is 2.25 bits per heavy atom. The van der Waals surface area contributed by atoms with Crippen LogP contribution in [0.25, 0.3) is 0 Å². The first-order chi connectivity index (χ1) is 9.48. The Hall–Kier alpha value is -0.750. The zero-order valence-corrected chi connectivity index (χ0v) is 11.9. The van der Waals surface area contributed by atoms with Crippen LogP contribution in [0.3, 0.4) is 0 Å². The van der Waals surface area contributed by atoms with E-state index >= 15 is 0 Å². The summed E-state index contributed by atoms with van der Waals surface area (Å²) in [6.45, 7) is 1.75. The Morgan fingerprint density at radius 1 is 1.10 bits per heavy atom. The minimum atomic E-state index is -2.32. The van der Waals surface area contributed by atoms with E-state index in [-0.39, 0.29) is 18.9 Å². The fourth-order valence-electron chi connectivity index (χ4n) is 3.15. The summed E-state index contributed by atoms with van der Waals surface area (Å²) >= 11 is 0. The van der Waals surface area contributed by atoms with Gasteiger partial charge in [0, 0.05) is 26.2 Å². The lowest BCUT2D eigenvalue weighted by Gasteiger charge is -2.37. The third-order valence-corrected chi connectivity index (χ3v) is 4.39. The van der Waals surface area contributed by atoms with Crippen molar-refractivity contribution in [2.75, 3.05) is 32.7 Å². The average molecular weight is 290 g/mol. The molecule has 0 atom stereocenters. The molecular formula is C14H24F2N2O2. The van der Waals surface area contributed by atoms with Gasteiger partial charge in [-0.1, -0.05) is 19.3 Å². The van der Waals surface area contributed by atoms with Crippen molar-refractivity contribution >= 4 is 5.91 Å². The van der Waals surface area contributed by atoms with E-state index in [4.69, 9.17) is 0 Å². The number of halogens is 2. The number of aliphatic hydroxyl groups is 1. The highest BCUT2D eigenvalue weighted by Crippen LogP contribution is 2.31. The first-order valence-electron chi connectivity index (χ1n) is 7.49. The predicted octanol–water partition coefficient (Wildman–Crippen LogP) is 1.48. The quantitative estimate of drug-likeness (QED) is 0.853. The molecule has 20 heavy (non-hydrogen) atoms. The second-order valence-electron chi connectivity index (χ2n) is 6.03. The van der Waals surface area contributed by atoms with E-state index < -0.39 is 12.0 Å². The van der Waals surface area contributed by atoms with E-state index in [1.54, 1.807) is 9.80 Å². The van der Waals surface area contributed by atoms with Crippen LogP contribution in [-0.4, -0.2) is 65.6 Å². The van der Waals surface area contributed by atoms with Crippen molar-refractivity contribution in [3.8, 4) is 0 Å². The highest BCUT2D eigenvalue weighted by molar-refractivity contribution is 5.77. The highest BCUT2D eigenvalue weighted by Gasteiger charge is 2.34. The van der Waals surface area contributed by atoms with Crippen LogP contribution >= 0.6 is 0 Å². The maximum atomic E-state index is 12.3. The van der Waals surface area contributed by atoms with Crippen molar-refractivity contribution in [1.82, 2.24) is 9.80 Å². The van der Waals surface area contributed by atoms with Crippen molar-refractivity contribution in [1.29, 1.82) is 0 Å². The van der Waals surface area contributed by atoms with Gasteiger partial charge in [0.2, 0.25) is 5.91 Å². The zero-order valence-electron chi connectivity index (χ0n) is 11.9. The van der Waals surface area contributed by atoms with Crippen LogP contribution in [0.15, 0.2) is 0 Å². The van der Waals surface area contributed by atoms with Crippen molar-refractivity contribution in [2.24, 2.45) is 0 Å². The van der Waals surface area contributed by atoms with Crippen LogP contribution < -0.4 is 0 Å². The average Bonchev–Trinajstić information content (AvgIpc) is 2.39. The smallest absolute Gasteiger partial charge is 0.251 e. The number of piperazine rings is 1. The third kappa shape index (κ3) is 4.38. The molecule has 1 heterocycles. The number of hydrogen-bond donors (Lipinski definition) is 1. The van der Waals surface area contributed by atoms with Crippen LogP contribution in [0.2, 0.25) is 0 Å². The van der Waals surface area contributed by atoms with Crippen molar-refractivity contribution < 1.29 is 18.7 Å². The monoisotopic (exact) mass is 290 g/mol. The fraction of sp³-hybridized carbons (Fsp3) is 0.929. The number of rotatable bonds is 4. The van der Waals surface area contributed by atoms with Gasteiger partial charge in [-0.25, -0.2) is 8.78 Å². The molecule has 0 aromatic rings. The number of carbonyl (C=O) groups excluding carboxylic acids is 1. The lowest BCUT2D eigenvalue weighted by molar-refractivity contribution is -0.139. The summed E-state index contributed by atoms with van der Waals surface area (Å²) < 4.78 is 24.6. The molecule has 2 rings (SSSR count). The third-order valence-electron chi connectivity index (χ3n) is 4.39. The number of alkyl halides is 2. The van der Waals surface area contributed by atoms with Crippen LogP contribution in [0.1, 0.15) is 38.5 Å². The lowest BCUT2D eigenvalue weighted by Crippen LogP contribution is -2.51. The van der Waals surface area contributed by atoms with Gasteiger partial charge >= 0.3 is 0 Å². The summed E-state index contributed by atoms with van der Waals surface area (Å²) in [7, 11) is 0. The molecule has 0 aromatic carbocycles. The molecule has 1 saturated heterocycles. The van der Waals surface area contributed by atoms with E-state index in [1.807, 2.05) is 0 Å². The molecule has 1 amide bonds. The molecule has 4 nitrogen and oxygen atoms in total. The summed E-state index contributed by atoms with van der Waals surface area (Å²) in [5.41, 5.74) is -0.838. The van der Waals surface area contributed by atoms with Gasteiger partial charge in [-0.05, 0) is 12.8 Å². The van der Waals surface area contributed by atoms with Crippen molar-refractivity contribution in [3.63, 3.8) is 0 Å². The summed E-state index contributed by atoms with van der Waals surface area (Å²) in [4.78, 5) is 15.6. The Balaban J connectivity index is 1.77. The van der Waals surface area contributed by atoms with E-state index in [0.717, 1.165) is 19.3 Å². The van der Waals surface area contributed by atoms with E-state index in [9.17, 15) is 18.7 Å². The first kappa shape index (κ1) is 15.6. The number of amides is 1. The highest BCUT2D eigenvalue weighted by atomic mass is 19.3. The topological polar surface area (TPSA) is 43.8 Å². The molecule has 0 radical (unpaired) electrons. The zero-order chi connectivity index (χ0) is 14.6. The fourth-order valence-corrected chi connectivity index (χ4v) is 3.15. The van der Waals surface area contributed by atoms with Gasteiger partial charge in [0.05, 0.1) is 18.6 Å². The molecule has 1 aliphatic heterocycles. The molecule has 0 unspecified atom stereocenters. The van der Waals surface area contributed by atoms with Crippen molar-refractivity contribution in [3.05, 3.63) is 0 Å². The van der Waals surface area contributed by atoms with Gasteiger partial charge in [0.15, 0.2) is 0 Å². The Kier molecular flexibility index (Phi) is 5.32. The summed E-state index contributed by atoms with van der Waals surface area (Å²) in [5.74, 6) is -0.0360. The van der Waals surface area contributed by atoms with E-state index in [2.05, 4.69) is 0 Å². The maximum Gasteiger partial charge on any atom is 0.251 e. The molecule has 1 saturated carbocycles. The Morgan fingerprint density at radius 2 is 1.70 bits per heavy atom. The molecule has 0 aromatic heterocycles. The van der Waals surface area contributed by atoms with Crippen molar-refractivity contribution in [2.45, 2.75) is 50.6 Å². The van der Waals surface area contributed by atoms with Gasteiger partial charge in [-0.3, -0.25) is 9.69 Å². The van der Waals surface area contributed by atoms with Gasteiger partial charge in [-0.15, -0.1) is 0 Å². The minimum absolute atomic E-state index is 0.0360. The molecular weight excluding hydrogens is 266 g/mol. The van der Waals surface area contributed by atoms with Gasteiger partial charge < -0.3 is 10.0 Å². The maximum absolute atomic E-state index is 12.3. The van der Waals surface area contributed by atoms with Gasteiger partial charge in [0.25, 0.3) is 6.43 Å². The predicted molar refractivity (Wildman–Crippen MR) is 71.7 cm³/mol. The Labute approximate surface area is 118 Å². The molecule has 6 heteroatoms. The van der Waals surface area contributed by atoms with Crippen LogP contribution in [0.5, 0.6) is 0 Å².